The molecule has 10 heavy (non-hydrogen) atoms. The number of nitrogens with one attached hydrogen (secondary N) is 1. The average molecular weight is 145 g/mol. The highest BCUT2D eigenvalue weighted by Crippen LogP contribution is 2.35. The van der Waals surface area contributed by atoms with Crippen LogP contribution in [0.3, 0.4) is 0 Å². The van der Waals surface area contributed by atoms with Gasteiger partial charge in [-0.25, -0.2) is 4.39 Å². The second-order valence-electron chi connectivity index (χ2n) is 2.75. The zero-order valence-electron chi connectivity index (χ0n) is 6.11. The summed E-state index contributed by atoms with van der Waals surface area (Å²) in [6, 6.07) is 0. The lowest BCUT2D eigenvalue weighted by molar-refractivity contribution is -0.119. The Morgan fingerprint density at radius 1 is 1.70 bits per heavy atom. The molecule has 0 spiro atoms. The van der Waals surface area contributed by atoms with E-state index in [1.54, 1.807) is 6.92 Å². The van der Waals surface area contributed by atoms with Crippen molar-refractivity contribution in [3.05, 3.63) is 0 Å². The van der Waals surface area contributed by atoms with E-state index in [1.165, 1.54) is 0 Å². The van der Waals surface area contributed by atoms with Crippen molar-refractivity contribution in [2.45, 2.75) is 25.3 Å². The Kier molecular flexibility index (Phi) is 2.04. The molecule has 0 atom stereocenters. The molecule has 0 aliphatic heterocycles. The van der Waals surface area contributed by atoms with E-state index in [9.17, 15) is 9.18 Å². The molecule has 3 heteroatoms. The third kappa shape index (κ3) is 1.34. The Bertz CT molecular complexity index is 143. The number of hydrogen-bond donors (Lipinski definition) is 1. The summed E-state index contributed by atoms with van der Waals surface area (Å²) >= 11 is 0. The molecule has 0 amide bonds. The second-order valence-corrected chi connectivity index (χ2v) is 2.75. The first kappa shape index (κ1) is 7.66. The van der Waals surface area contributed by atoms with Gasteiger partial charge in [-0.1, -0.05) is 0 Å². The van der Waals surface area contributed by atoms with Crippen molar-refractivity contribution in [1.82, 2.24) is 5.32 Å². The van der Waals surface area contributed by atoms with E-state index in [-0.39, 0.29) is 11.3 Å². The van der Waals surface area contributed by atoms with Gasteiger partial charge in [-0.15, -0.1) is 0 Å². The van der Waals surface area contributed by atoms with Crippen LogP contribution in [-0.4, -0.2) is 24.5 Å². The lowest BCUT2D eigenvalue weighted by Crippen LogP contribution is -2.38. The Morgan fingerprint density at radius 3 is 2.60 bits per heavy atom. The lowest BCUT2D eigenvalue weighted by Gasteiger charge is -2.10. The monoisotopic (exact) mass is 145 g/mol. The zero-order valence-corrected chi connectivity index (χ0v) is 6.11. The minimum absolute atomic E-state index is 0.140. The lowest BCUT2D eigenvalue weighted by atomic mass is 10.2. The first-order valence-electron chi connectivity index (χ1n) is 3.53. The van der Waals surface area contributed by atoms with Crippen LogP contribution < -0.4 is 5.32 Å². The number of hydrogen-bond acceptors (Lipinski definition) is 2. The minimum Gasteiger partial charge on any atom is -0.302 e. The molecule has 1 aliphatic carbocycles. The van der Waals surface area contributed by atoms with Crippen LogP contribution >= 0.6 is 0 Å². The van der Waals surface area contributed by atoms with E-state index in [1.807, 2.05) is 0 Å². The van der Waals surface area contributed by atoms with Gasteiger partial charge in [-0.3, -0.25) is 4.79 Å². The van der Waals surface area contributed by atoms with Crippen molar-refractivity contribution in [3.8, 4) is 0 Å². The number of Topliss-reactive ketones (excluding diaryl/α,β-unsaturated/α-hetero) is 1. The van der Waals surface area contributed by atoms with Crippen LogP contribution in [0.1, 0.15) is 19.8 Å². The van der Waals surface area contributed by atoms with Gasteiger partial charge in [0, 0.05) is 6.54 Å². The summed E-state index contributed by atoms with van der Waals surface area (Å²) in [5.74, 6) is 0.140. The molecule has 2 nitrogen and oxygen atoms in total. The fourth-order valence-electron chi connectivity index (χ4n) is 1.06. The molecule has 1 saturated carbocycles. The van der Waals surface area contributed by atoms with Crippen molar-refractivity contribution in [2.75, 3.05) is 13.2 Å². The average Bonchev–Trinajstić information content (AvgIpc) is 2.64. The summed E-state index contributed by atoms with van der Waals surface area (Å²) in [5, 5.41) is 2.89. The molecule has 1 rings (SSSR count). The number of halogens is 1. The predicted octanol–water partition coefficient (Wildman–Crippen LogP) is 0.667. The summed E-state index contributed by atoms with van der Waals surface area (Å²) in [6.45, 7) is 1.47. The largest absolute Gasteiger partial charge is 0.302 e. The first-order valence-corrected chi connectivity index (χ1v) is 3.53. The molecule has 0 aromatic carbocycles. The predicted molar refractivity (Wildman–Crippen MR) is 36.6 cm³/mol. The van der Waals surface area contributed by atoms with Gasteiger partial charge in [0.05, 0.1) is 5.54 Å². The van der Waals surface area contributed by atoms with Gasteiger partial charge in [-0.2, -0.15) is 0 Å². The van der Waals surface area contributed by atoms with Crippen LogP contribution in [0.4, 0.5) is 4.39 Å². The summed E-state index contributed by atoms with van der Waals surface area (Å²) < 4.78 is 11.6. The SMILES string of the molecule is CC(=O)C1(NCCF)CC1. The van der Waals surface area contributed by atoms with Gasteiger partial charge < -0.3 is 5.32 Å². The Morgan fingerprint density at radius 2 is 2.30 bits per heavy atom. The maximum absolute atomic E-state index is 11.6. The van der Waals surface area contributed by atoms with Gasteiger partial charge in [0.15, 0.2) is 0 Å². The molecule has 0 heterocycles. The summed E-state index contributed by atoms with van der Waals surface area (Å²) in [5.41, 5.74) is -0.327. The van der Waals surface area contributed by atoms with E-state index in [0.717, 1.165) is 12.8 Å². The molecular weight excluding hydrogens is 133 g/mol. The van der Waals surface area contributed by atoms with Gasteiger partial charge in [0.2, 0.25) is 0 Å². The number of ketones is 1. The van der Waals surface area contributed by atoms with Crippen LogP contribution in [-0.2, 0) is 4.79 Å². The maximum Gasteiger partial charge on any atom is 0.149 e. The molecule has 0 saturated heterocycles. The van der Waals surface area contributed by atoms with Crippen molar-refractivity contribution in [1.29, 1.82) is 0 Å². The van der Waals surface area contributed by atoms with Crippen LogP contribution in [0.15, 0.2) is 0 Å². The van der Waals surface area contributed by atoms with E-state index in [4.69, 9.17) is 0 Å². The number of rotatable bonds is 4. The summed E-state index contributed by atoms with van der Waals surface area (Å²) in [4.78, 5) is 10.8. The molecule has 0 radical (unpaired) electrons. The zero-order chi connectivity index (χ0) is 7.61. The molecule has 1 aliphatic rings. The third-order valence-electron chi connectivity index (χ3n) is 1.98. The van der Waals surface area contributed by atoms with E-state index < -0.39 is 6.67 Å². The van der Waals surface area contributed by atoms with Crippen LogP contribution in [0, 0.1) is 0 Å². The number of carbonyl (C=O) groups is 1. The van der Waals surface area contributed by atoms with Crippen LogP contribution in [0.2, 0.25) is 0 Å². The quantitative estimate of drug-likeness (QED) is 0.629. The molecule has 1 fully saturated rings. The number of carbonyl (C=O) groups excluding carboxylic acids is 1. The fourth-order valence-corrected chi connectivity index (χ4v) is 1.06. The molecule has 0 bridgehead atoms. The minimum atomic E-state index is -0.394. The highest BCUT2D eigenvalue weighted by atomic mass is 19.1. The van der Waals surface area contributed by atoms with Crippen molar-refractivity contribution < 1.29 is 9.18 Å². The Hall–Kier alpha value is -0.440. The van der Waals surface area contributed by atoms with E-state index in [2.05, 4.69) is 5.32 Å². The van der Waals surface area contributed by atoms with Gasteiger partial charge in [-0.05, 0) is 19.8 Å². The third-order valence-corrected chi connectivity index (χ3v) is 1.98. The molecule has 0 aromatic heterocycles. The van der Waals surface area contributed by atoms with Gasteiger partial charge >= 0.3 is 0 Å². The molecule has 0 unspecified atom stereocenters. The van der Waals surface area contributed by atoms with Crippen molar-refractivity contribution in [2.24, 2.45) is 0 Å². The topological polar surface area (TPSA) is 29.1 Å². The standard InChI is InChI=1S/C7H12FNO/c1-6(10)7(2-3-7)9-5-4-8/h9H,2-5H2,1H3. The summed E-state index contributed by atoms with van der Waals surface area (Å²) in [7, 11) is 0. The maximum atomic E-state index is 11.6. The van der Waals surface area contributed by atoms with E-state index in [0.29, 0.717) is 6.54 Å². The molecule has 0 aromatic rings. The summed E-state index contributed by atoms with van der Waals surface area (Å²) in [6.07, 6.45) is 1.75. The fraction of sp³-hybridized carbons (Fsp3) is 0.857. The first-order chi connectivity index (χ1) is 4.71. The van der Waals surface area contributed by atoms with Gasteiger partial charge in [0.25, 0.3) is 0 Å². The molecular formula is C7H12FNO. The molecule has 1 N–H and O–H groups in total. The smallest absolute Gasteiger partial charge is 0.149 e. The highest BCUT2D eigenvalue weighted by Gasteiger charge is 2.46. The Labute approximate surface area is 59.8 Å². The second kappa shape index (κ2) is 2.66. The van der Waals surface area contributed by atoms with Crippen molar-refractivity contribution >= 4 is 5.78 Å². The van der Waals surface area contributed by atoms with Gasteiger partial charge in [0.1, 0.15) is 12.5 Å². The Balaban J connectivity index is 2.31. The van der Waals surface area contributed by atoms with Crippen LogP contribution in [0.5, 0.6) is 0 Å². The van der Waals surface area contributed by atoms with E-state index >= 15 is 0 Å². The molecule has 58 valence electrons. The number of alkyl halides is 1. The van der Waals surface area contributed by atoms with Crippen molar-refractivity contribution in [3.63, 3.8) is 0 Å². The normalized spacial score (nSPS) is 20.6. The highest BCUT2D eigenvalue weighted by molar-refractivity contribution is 5.89. The van der Waals surface area contributed by atoms with Crippen LogP contribution in [0.25, 0.3) is 0 Å².